The molecule has 0 saturated heterocycles. The molecule has 0 saturated carbocycles. The average Bonchev–Trinajstić information content (AvgIpc) is 3.20. The Bertz CT molecular complexity index is 825. The first kappa shape index (κ1) is 17.2. The number of para-hydroxylation sites is 1. The molecule has 1 atom stereocenters. The maximum atomic E-state index is 12.8. The highest BCUT2D eigenvalue weighted by molar-refractivity contribution is 7.10. The lowest BCUT2D eigenvalue weighted by Crippen LogP contribution is -2.29. The molecular formula is C21H21NO2S. The number of aryl methyl sites for hydroxylation is 1. The Morgan fingerprint density at radius 2 is 1.84 bits per heavy atom. The van der Waals surface area contributed by atoms with E-state index in [-0.39, 0.29) is 11.9 Å². The van der Waals surface area contributed by atoms with Crippen molar-refractivity contribution in [3.8, 4) is 5.75 Å². The molecule has 0 aliphatic carbocycles. The lowest BCUT2D eigenvalue weighted by Gasteiger charge is -2.19. The number of ether oxygens (including phenoxy) is 1. The summed E-state index contributed by atoms with van der Waals surface area (Å²) < 4.78 is 5.32. The third-order valence-corrected chi connectivity index (χ3v) is 5.11. The van der Waals surface area contributed by atoms with E-state index in [2.05, 4.69) is 36.5 Å². The van der Waals surface area contributed by atoms with Crippen LogP contribution in [-0.2, 0) is 6.42 Å². The maximum absolute atomic E-state index is 12.8. The van der Waals surface area contributed by atoms with Gasteiger partial charge >= 0.3 is 0 Å². The number of carbonyl (C=O) groups excluding carboxylic acids is 1. The Hall–Kier alpha value is -2.59. The standard InChI is InChI=1S/C21H21NO2S/c1-3-15-10-12-16(13-11-15)20(19-9-6-14-25-19)22-21(23)17-7-4-5-8-18(17)24-2/h4-14,20H,3H2,1-2H3,(H,22,23). The van der Waals surface area contributed by atoms with E-state index < -0.39 is 0 Å². The molecule has 1 unspecified atom stereocenters. The van der Waals surface area contributed by atoms with Crippen LogP contribution in [0, 0.1) is 0 Å². The van der Waals surface area contributed by atoms with Crippen LogP contribution in [0.4, 0.5) is 0 Å². The number of rotatable bonds is 6. The van der Waals surface area contributed by atoms with Crippen LogP contribution >= 0.6 is 11.3 Å². The summed E-state index contributed by atoms with van der Waals surface area (Å²) in [4.78, 5) is 13.9. The van der Waals surface area contributed by atoms with Crippen LogP contribution in [0.1, 0.15) is 39.3 Å². The molecule has 0 fully saturated rings. The molecule has 3 aromatic rings. The number of thiophene rings is 1. The fourth-order valence-corrected chi connectivity index (χ4v) is 3.56. The van der Waals surface area contributed by atoms with E-state index in [0.717, 1.165) is 16.9 Å². The largest absolute Gasteiger partial charge is 0.496 e. The number of hydrogen-bond donors (Lipinski definition) is 1. The fourth-order valence-electron chi connectivity index (χ4n) is 2.76. The first-order valence-electron chi connectivity index (χ1n) is 8.29. The fraction of sp³-hybridized carbons (Fsp3) is 0.190. The van der Waals surface area contributed by atoms with Crippen molar-refractivity contribution in [2.45, 2.75) is 19.4 Å². The van der Waals surface area contributed by atoms with Gasteiger partial charge < -0.3 is 10.1 Å². The van der Waals surface area contributed by atoms with Crippen molar-refractivity contribution in [1.82, 2.24) is 5.32 Å². The smallest absolute Gasteiger partial charge is 0.255 e. The van der Waals surface area contributed by atoms with E-state index in [1.165, 1.54) is 5.56 Å². The SMILES string of the molecule is CCc1ccc(C(NC(=O)c2ccccc2OC)c2cccs2)cc1. The molecule has 25 heavy (non-hydrogen) atoms. The molecule has 0 radical (unpaired) electrons. The number of amides is 1. The minimum Gasteiger partial charge on any atom is -0.496 e. The number of benzene rings is 2. The molecule has 0 aliphatic rings. The summed E-state index contributed by atoms with van der Waals surface area (Å²) in [5, 5.41) is 5.18. The highest BCUT2D eigenvalue weighted by Gasteiger charge is 2.20. The first-order valence-corrected chi connectivity index (χ1v) is 9.17. The van der Waals surface area contributed by atoms with Crippen molar-refractivity contribution in [1.29, 1.82) is 0 Å². The quantitative estimate of drug-likeness (QED) is 0.690. The van der Waals surface area contributed by atoms with Gasteiger partial charge in [-0.15, -0.1) is 11.3 Å². The number of nitrogens with one attached hydrogen (secondary N) is 1. The van der Waals surface area contributed by atoms with Gasteiger partial charge in [-0.05, 0) is 41.1 Å². The molecule has 2 aromatic carbocycles. The Balaban J connectivity index is 1.91. The van der Waals surface area contributed by atoms with Gasteiger partial charge in [-0.1, -0.05) is 49.4 Å². The highest BCUT2D eigenvalue weighted by atomic mass is 32.1. The normalized spacial score (nSPS) is 11.8. The third kappa shape index (κ3) is 3.91. The number of methoxy groups -OCH3 is 1. The monoisotopic (exact) mass is 351 g/mol. The van der Waals surface area contributed by atoms with Crippen LogP contribution in [0.5, 0.6) is 5.75 Å². The first-order chi connectivity index (χ1) is 12.2. The van der Waals surface area contributed by atoms with Gasteiger partial charge in [-0.3, -0.25) is 4.79 Å². The van der Waals surface area contributed by atoms with Gasteiger partial charge in [0.05, 0.1) is 18.7 Å². The molecule has 1 amide bonds. The summed E-state index contributed by atoms with van der Waals surface area (Å²) in [6, 6.07) is 19.6. The molecule has 1 aromatic heterocycles. The molecule has 0 bridgehead atoms. The van der Waals surface area contributed by atoms with Gasteiger partial charge in [0.15, 0.2) is 0 Å². The van der Waals surface area contributed by atoms with Gasteiger partial charge in [-0.25, -0.2) is 0 Å². The van der Waals surface area contributed by atoms with Crippen LogP contribution in [0.25, 0.3) is 0 Å². The second-order valence-electron chi connectivity index (χ2n) is 5.72. The Labute approximate surface area is 152 Å². The van der Waals surface area contributed by atoms with Crippen LogP contribution in [0.2, 0.25) is 0 Å². The Morgan fingerprint density at radius 3 is 2.48 bits per heavy atom. The van der Waals surface area contributed by atoms with Gasteiger partial charge in [0.25, 0.3) is 5.91 Å². The summed E-state index contributed by atoms with van der Waals surface area (Å²) >= 11 is 1.64. The zero-order valence-corrected chi connectivity index (χ0v) is 15.2. The molecule has 3 rings (SSSR count). The van der Waals surface area contributed by atoms with E-state index in [0.29, 0.717) is 11.3 Å². The van der Waals surface area contributed by atoms with E-state index in [1.807, 2.05) is 29.6 Å². The molecule has 3 nitrogen and oxygen atoms in total. The highest BCUT2D eigenvalue weighted by Crippen LogP contribution is 2.28. The van der Waals surface area contributed by atoms with Gasteiger partial charge in [-0.2, -0.15) is 0 Å². The molecule has 1 N–H and O–H groups in total. The predicted molar refractivity (Wildman–Crippen MR) is 102 cm³/mol. The molecular weight excluding hydrogens is 330 g/mol. The Kier molecular flexibility index (Phi) is 5.51. The van der Waals surface area contributed by atoms with Crippen molar-refractivity contribution in [3.05, 3.63) is 87.6 Å². The zero-order valence-electron chi connectivity index (χ0n) is 14.4. The molecule has 4 heteroatoms. The van der Waals surface area contributed by atoms with Crippen molar-refractivity contribution in [3.63, 3.8) is 0 Å². The molecule has 0 aliphatic heterocycles. The Morgan fingerprint density at radius 1 is 1.08 bits per heavy atom. The van der Waals surface area contributed by atoms with Crippen molar-refractivity contribution >= 4 is 17.2 Å². The van der Waals surface area contributed by atoms with Gasteiger partial charge in [0.1, 0.15) is 5.75 Å². The number of hydrogen-bond acceptors (Lipinski definition) is 3. The minimum atomic E-state index is -0.177. The predicted octanol–water partition coefficient (Wildman–Crippen LogP) is 4.84. The van der Waals surface area contributed by atoms with E-state index in [4.69, 9.17) is 4.74 Å². The van der Waals surface area contributed by atoms with Crippen LogP contribution < -0.4 is 10.1 Å². The van der Waals surface area contributed by atoms with Gasteiger partial charge in [0.2, 0.25) is 0 Å². The van der Waals surface area contributed by atoms with E-state index in [9.17, 15) is 4.79 Å². The minimum absolute atomic E-state index is 0.143. The maximum Gasteiger partial charge on any atom is 0.255 e. The second-order valence-corrected chi connectivity index (χ2v) is 6.70. The van der Waals surface area contributed by atoms with Crippen LogP contribution in [0.15, 0.2) is 66.0 Å². The summed E-state index contributed by atoms with van der Waals surface area (Å²) in [7, 11) is 1.58. The summed E-state index contributed by atoms with van der Waals surface area (Å²) in [6.07, 6.45) is 0.998. The van der Waals surface area contributed by atoms with Crippen LogP contribution in [-0.4, -0.2) is 13.0 Å². The zero-order chi connectivity index (χ0) is 17.6. The molecule has 1 heterocycles. The molecule has 0 spiro atoms. The summed E-state index contributed by atoms with van der Waals surface area (Å²) in [5.74, 6) is 0.432. The third-order valence-electron chi connectivity index (χ3n) is 4.18. The summed E-state index contributed by atoms with van der Waals surface area (Å²) in [6.45, 7) is 2.13. The van der Waals surface area contributed by atoms with Crippen molar-refractivity contribution in [2.75, 3.05) is 7.11 Å². The van der Waals surface area contributed by atoms with Gasteiger partial charge in [0, 0.05) is 4.88 Å². The van der Waals surface area contributed by atoms with E-state index >= 15 is 0 Å². The van der Waals surface area contributed by atoms with Crippen molar-refractivity contribution in [2.24, 2.45) is 0 Å². The summed E-state index contributed by atoms with van der Waals surface area (Å²) in [5.41, 5.74) is 2.89. The van der Waals surface area contributed by atoms with Crippen LogP contribution in [0.3, 0.4) is 0 Å². The topological polar surface area (TPSA) is 38.3 Å². The lowest BCUT2D eigenvalue weighted by atomic mass is 10.0. The lowest BCUT2D eigenvalue weighted by molar-refractivity contribution is 0.0940. The number of carbonyl (C=O) groups is 1. The molecule has 128 valence electrons. The van der Waals surface area contributed by atoms with Crippen molar-refractivity contribution < 1.29 is 9.53 Å². The average molecular weight is 351 g/mol. The second kappa shape index (κ2) is 7.99. The van der Waals surface area contributed by atoms with E-state index in [1.54, 1.807) is 30.6 Å².